The Kier molecular flexibility index (Phi) is 3.64. The van der Waals surface area contributed by atoms with Gasteiger partial charge in [0.15, 0.2) is 0 Å². The predicted octanol–water partition coefficient (Wildman–Crippen LogP) is 3.80. The molecule has 2 aromatic carbocycles. The highest BCUT2D eigenvalue weighted by Crippen LogP contribution is 2.23. The number of allylic oxidation sites excluding steroid dienone is 1. The molecule has 1 heterocycles. The van der Waals surface area contributed by atoms with E-state index >= 15 is 0 Å². The van der Waals surface area contributed by atoms with Crippen LogP contribution in [0.25, 0.3) is 0 Å². The van der Waals surface area contributed by atoms with Gasteiger partial charge in [-0.05, 0) is 41.8 Å². The predicted molar refractivity (Wildman–Crippen MR) is 82.5 cm³/mol. The standard InChI is InChI=1S/C18H17NO/c1-2-18-17-9-8-16(12-15(17)10-11-19-18)20-13-14-6-4-3-5-7-14/h2-9,12H,1,10-11,13H2. The lowest BCUT2D eigenvalue weighted by atomic mass is 9.97. The average molecular weight is 263 g/mol. The molecule has 20 heavy (non-hydrogen) atoms. The molecule has 2 nitrogen and oxygen atoms in total. The van der Waals surface area contributed by atoms with Crippen LogP contribution in [0.4, 0.5) is 0 Å². The molecule has 0 saturated heterocycles. The van der Waals surface area contributed by atoms with E-state index in [0.717, 1.165) is 24.4 Å². The molecule has 0 unspecified atom stereocenters. The molecule has 0 amide bonds. The Hall–Kier alpha value is -2.35. The molecule has 0 aliphatic carbocycles. The lowest BCUT2D eigenvalue weighted by molar-refractivity contribution is 0.306. The Morgan fingerprint density at radius 1 is 1.15 bits per heavy atom. The van der Waals surface area contributed by atoms with Gasteiger partial charge in [-0.3, -0.25) is 4.99 Å². The lowest BCUT2D eigenvalue weighted by Gasteiger charge is -2.16. The summed E-state index contributed by atoms with van der Waals surface area (Å²) >= 11 is 0. The number of fused-ring (bicyclic) bond motifs is 1. The third-order valence-corrected chi connectivity index (χ3v) is 3.46. The number of rotatable bonds is 4. The van der Waals surface area contributed by atoms with Crippen molar-refractivity contribution >= 4 is 5.71 Å². The van der Waals surface area contributed by atoms with Crippen LogP contribution in [-0.4, -0.2) is 12.3 Å². The first kappa shape index (κ1) is 12.7. The second-order valence-electron chi connectivity index (χ2n) is 4.81. The number of hydrogen-bond acceptors (Lipinski definition) is 2. The maximum Gasteiger partial charge on any atom is 0.120 e. The quantitative estimate of drug-likeness (QED) is 0.822. The highest BCUT2D eigenvalue weighted by Gasteiger charge is 2.12. The third-order valence-electron chi connectivity index (χ3n) is 3.46. The van der Waals surface area contributed by atoms with Crippen LogP contribution in [0.5, 0.6) is 5.75 Å². The maximum atomic E-state index is 5.86. The van der Waals surface area contributed by atoms with E-state index in [1.807, 2.05) is 30.3 Å². The fourth-order valence-electron chi connectivity index (χ4n) is 2.41. The normalized spacial score (nSPS) is 13.3. The van der Waals surface area contributed by atoms with E-state index in [1.54, 1.807) is 0 Å². The zero-order valence-electron chi connectivity index (χ0n) is 11.4. The Bertz CT molecular complexity index is 644. The summed E-state index contributed by atoms with van der Waals surface area (Å²) in [6.45, 7) is 5.25. The minimum atomic E-state index is 0.599. The molecule has 0 bridgehead atoms. The smallest absolute Gasteiger partial charge is 0.120 e. The fourth-order valence-corrected chi connectivity index (χ4v) is 2.41. The summed E-state index contributed by atoms with van der Waals surface area (Å²) in [6, 6.07) is 16.4. The topological polar surface area (TPSA) is 21.6 Å². The molecule has 0 fully saturated rings. The van der Waals surface area contributed by atoms with Crippen molar-refractivity contribution in [2.45, 2.75) is 13.0 Å². The van der Waals surface area contributed by atoms with Gasteiger partial charge in [-0.2, -0.15) is 0 Å². The number of nitrogens with zero attached hydrogens (tertiary/aromatic N) is 1. The second kappa shape index (κ2) is 5.74. The van der Waals surface area contributed by atoms with Gasteiger partial charge in [-0.15, -0.1) is 0 Å². The highest BCUT2D eigenvalue weighted by atomic mass is 16.5. The molecule has 2 heteroatoms. The molecule has 0 N–H and O–H groups in total. The molecule has 0 saturated carbocycles. The summed E-state index contributed by atoms with van der Waals surface area (Å²) in [5, 5.41) is 0. The van der Waals surface area contributed by atoms with E-state index in [0.29, 0.717) is 6.61 Å². The molecule has 3 rings (SSSR count). The van der Waals surface area contributed by atoms with Gasteiger partial charge in [0.25, 0.3) is 0 Å². The molecule has 0 spiro atoms. The minimum absolute atomic E-state index is 0.599. The number of benzene rings is 2. The van der Waals surface area contributed by atoms with Crippen LogP contribution in [0.3, 0.4) is 0 Å². The average Bonchev–Trinajstić information content (AvgIpc) is 2.53. The maximum absolute atomic E-state index is 5.86. The molecule has 0 atom stereocenters. The first-order valence-corrected chi connectivity index (χ1v) is 6.84. The van der Waals surface area contributed by atoms with Crippen molar-refractivity contribution in [2.24, 2.45) is 4.99 Å². The Morgan fingerprint density at radius 2 is 2.00 bits per heavy atom. The van der Waals surface area contributed by atoms with Gasteiger partial charge in [-0.25, -0.2) is 0 Å². The summed E-state index contributed by atoms with van der Waals surface area (Å²) in [5.74, 6) is 0.915. The van der Waals surface area contributed by atoms with Crippen molar-refractivity contribution in [1.29, 1.82) is 0 Å². The van der Waals surface area contributed by atoms with E-state index in [1.165, 1.54) is 16.7 Å². The highest BCUT2D eigenvalue weighted by molar-refractivity contribution is 6.10. The first-order valence-electron chi connectivity index (χ1n) is 6.84. The van der Waals surface area contributed by atoms with Crippen LogP contribution in [0.1, 0.15) is 16.7 Å². The van der Waals surface area contributed by atoms with Crippen molar-refractivity contribution in [3.05, 3.63) is 77.9 Å². The molecule has 100 valence electrons. The van der Waals surface area contributed by atoms with Gasteiger partial charge < -0.3 is 4.74 Å². The molecular formula is C18H17NO. The van der Waals surface area contributed by atoms with E-state index in [-0.39, 0.29) is 0 Å². The van der Waals surface area contributed by atoms with E-state index in [2.05, 4.69) is 35.8 Å². The largest absolute Gasteiger partial charge is 0.489 e. The lowest BCUT2D eigenvalue weighted by Crippen LogP contribution is -2.10. The fraction of sp³-hybridized carbons (Fsp3) is 0.167. The zero-order chi connectivity index (χ0) is 13.8. The molecule has 2 aromatic rings. The van der Waals surface area contributed by atoms with E-state index in [9.17, 15) is 0 Å². The minimum Gasteiger partial charge on any atom is -0.489 e. The molecule has 1 aliphatic heterocycles. The van der Waals surface area contributed by atoms with Gasteiger partial charge in [-0.1, -0.05) is 36.9 Å². The summed E-state index contributed by atoms with van der Waals surface area (Å²) < 4.78 is 5.86. The van der Waals surface area contributed by atoms with Crippen LogP contribution in [0, 0.1) is 0 Å². The molecule has 0 aromatic heterocycles. The van der Waals surface area contributed by atoms with Crippen LogP contribution in [0.15, 0.2) is 66.2 Å². The molecule has 0 radical (unpaired) electrons. The van der Waals surface area contributed by atoms with Crippen molar-refractivity contribution in [1.82, 2.24) is 0 Å². The summed E-state index contributed by atoms with van der Waals surface area (Å²) in [4.78, 5) is 4.47. The third kappa shape index (κ3) is 2.64. The number of aliphatic imine (C=N–C) groups is 1. The van der Waals surface area contributed by atoms with Gasteiger partial charge in [0.2, 0.25) is 0 Å². The van der Waals surface area contributed by atoms with E-state index in [4.69, 9.17) is 4.74 Å². The molecule has 1 aliphatic rings. The summed E-state index contributed by atoms with van der Waals surface area (Å²) in [7, 11) is 0. The van der Waals surface area contributed by atoms with Crippen LogP contribution >= 0.6 is 0 Å². The van der Waals surface area contributed by atoms with Crippen molar-refractivity contribution in [2.75, 3.05) is 6.54 Å². The van der Waals surface area contributed by atoms with Crippen LogP contribution < -0.4 is 4.74 Å². The van der Waals surface area contributed by atoms with E-state index < -0.39 is 0 Å². The first-order chi connectivity index (χ1) is 9.86. The van der Waals surface area contributed by atoms with Gasteiger partial charge in [0.1, 0.15) is 12.4 Å². The number of ether oxygens (including phenoxy) is 1. The van der Waals surface area contributed by atoms with Gasteiger partial charge in [0.05, 0.1) is 5.71 Å². The van der Waals surface area contributed by atoms with Gasteiger partial charge >= 0.3 is 0 Å². The Morgan fingerprint density at radius 3 is 2.80 bits per heavy atom. The molecular weight excluding hydrogens is 246 g/mol. The summed E-state index contributed by atoms with van der Waals surface area (Å²) in [6.07, 6.45) is 2.79. The Balaban J connectivity index is 1.76. The summed E-state index contributed by atoms with van der Waals surface area (Å²) in [5.41, 5.74) is 4.64. The van der Waals surface area contributed by atoms with Crippen LogP contribution in [0.2, 0.25) is 0 Å². The SMILES string of the molecule is C=CC1=NCCc2cc(OCc3ccccc3)ccc21. The van der Waals surface area contributed by atoms with Crippen molar-refractivity contribution < 1.29 is 4.74 Å². The van der Waals surface area contributed by atoms with Gasteiger partial charge in [0, 0.05) is 12.1 Å². The van der Waals surface area contributed by atoms with Crippen molar-refractivity contribution in [3.8, 4) is 5.75 Å². The monoisotopic (exact) mass is 263 g/mol. The second-order valence-corrected chi connectivity index (χ2v) is 4.81. The Labute approximate surface area is 119 Å². The van der Waals surface area contributed by atoms with Crippen molar-refractivity contribution in [3.63, 3.8) is 0 Å². The number of hydrogen-bond donors (Lipinski definition) is 0. The van der Waals surface area contributed by atoms with Crippen LogP contribution in [-0.2, 0) is 13.0 Å². The zero-order valence-corrected chi connectivity index (χ0v) is 11.4.